The summed E-state index contributed by atoms with van der Waals surface area (Å²) in [6.07, 6.45) is 8.69. The van der Waals surface area contributed by atoms with Gasteiger partial charge in [-0.25, -0.2) is 0 Å². The number of ether oxygens (including phenoxy) is 1. The molecular formula is C11H21O. The molecule has 0 heterocycles. The van der Waals surface area contributed by atoms with Crippen LogP contribution in [-0.4, -0.2) is 12.2 Å². The van der Waals surface area contributed by atoms with E-state index in [1.54, 1.807) is 0 Å². The molecule has 0 aromatic rings. The average molecular weight is 169 g/mol. The first-order valence-electron chi connectivity index (χ1n) is 5.26. The molecule has 1 aliphatic carbocycles. The van der Waals surface area contributed by atoms with Crippen LogP contribution in [0.1, 0.15) is 51.9 Å². The molecular weight excluding hydrogens is 148 g/mol. The standard InChI is InChI=1S/C11H21O/c1-3-4-10-12-11(2)8-6-5-7-9-11/h2-10H2,1H3. The van der Waals surface area contributed by atoms with E-state index in [4.69, 9.17) is 4.74 Å². The second kappa shape index (κ2) is 4.86. The van der Waals surface area contributed by atoms with E-state index in [1.165, 1.54) is 32.1 Å². The Labute approximate surface area is 76.5 Å². The van der Waals surface area contributed by atoms with E-state index in [9.17, 15) is 0 Å². The minimum Gasteiger partial charge on any atom is -0.375 e. The Morgan fingerprint density at radius 2 is 1.92 bits per heavy atom. The van der Waals surface area contributed by atoms with Crippen molar-refractivity contribution in [2.45, 2.75) is 57.5 Å². The highest BCUT2D eigenvalue weighted by atomic mass is 16.5. The summed E-state index contributed by atoms with van der Waals surface area (Å²) in [5, 5.41) is 0. The lowest BCUT2D eigenvalue weighted by atomic mass is 9.86. The molecule has 12 heavy (non-hydrogen) atoms. The molecule has 1 rings (SSSR count). The Bertz CT molecular complexity index is 114. The maximum atomic E-state index is 5.80. The van der Waals surface area contributed by atoms with Gasteiger partial charge in [-0.15, -0.1) is 0 Å². The third kappa shape index (κ3) is 3.14. The molecule has 0 aromatic heterocycles. The van der Waals surface area contributed by atoms with Crippen molar-refractivity contribution >= 4 is 0 Å². The molecule has 0 aliphatic heterocycles. The van der Waals surface area contributed by atoms with Gasteiger partial charge >= 0.3 is 0 Å². The zero-order valence-corrected chi connectivity index (χ0v) is 8.27. The maximum absolute atomic E-state index is 5.80. The highest BCUT2D eigenvalue weighted by molar-refractivity contribution is 4.86. The number of rotatable bonds is 4. The van der Waals surface area contributed by atoms with Crippen molar-refractivity contribution in [1.82, 2.24) is 0 Å². The van der Waals surface area contributed by atoms with Gasteiger partial charge in [-0.1, -0.05) is 32.6 Å². The van der Waals surface area contributed by atoms with Gasteiger partial charge in [0.1, 0.15) is 0 Å². The van der Waals surface area contributed by atoms with Gasteiger partial charge in [-0.3, -0.25) is 0 Å². The van der Waals surface area contributed by atoms with E-state index in [-0.39, 0.29) is 5.60 Å². The summed E-state index contributed by atoms with van der Waals surface area (Å²) in [4.78, 5) is 0. The Morgan fingerprint density at radius 1 is 1.25 bits per heavy atom. The zero-order valence-electron chi connectivity index (χ0n) is 8.27. The van der Waals surface area contributed by atoms with Gasteiger partial charge in [-0.05, 0) is 26.2 Å². The van der Waals surface area contributed by atoms with Crippen molar-refractivity contribution in [3.8, 4) is 0 Å². The molecule has 0 amide bonds. The van der Waals surface area contributed by atoms with Crippen molar-refractivity contribution in [3.05, 3.63) is 6.92 Å². The van der Waals surface area contributed by atoms with Gasteiger partial charge in [0, 0.05) is 6.61 Å². The van der Waals surface area contributed by atoms with Gasteiger partial charge in [0.15, 0.2) is 0 Å². The molecule has 0 atom stereocenters. The van der Waals surface area contributed by atoms with Gasteiger partial charge in [0.25, 0.3) is 0 Å². The fraction of sp³-hybridized carbons (Fsp3) is 0.909. The van der Waals surface area contributed by atoms with Gasteiger partial charge < -0.3 is 4.74 Å². The van der Waals surface area contributed by atoms with E-state index in [0.717, 1.165) is 19.4 Å². The SMILES string of the molecule is [CH2]C1(OCCCC)CCCCC1. The summed E-state index contributed by atoms with van der Waals surface area (Å²) >= 11 is 0. The average Bonchev–Trinajstić information content (AvgIpc) is 2.06. The predicted octanol–water partition coefficient (Wildman–Crippen LogP) is 3.34. The lowest BCUT2D eigenvalue weighted by Gasteiger charge is -2.33. The Morgan fingerprint density at radius 3 is 2.50 bits per heavy atom. The van der Waals surface area contributed by atoms with Crippen LogP contribution in [0.4, 0.5) is 0 Å². The van der Waals surface area contributed by atoms with Crippen LogP contribution >= 0.6 is 0 Å². The smallest absolute Gasteiger partial charge is 0.0683 e. The fourth-order valence-corrected chi connectivity index (χ4v) is 1.77. The predicted molar refractivity (Wildman–Crippen MR) is 52.0 cm³/mol. The van der Waals surface area contributed by atoms with Crippen LogP contribution in [0, 0.1) is 6.92 Å². The van der Waals surface area contributed by atoms with E-state index in [2.05, 4.69) is 13.8 Å². The van der Waals surface area contributed by atoms with Crippen molar-refractivity contribution in [1.29, 1.82) is 0 Å². The van der Waals surface area contributed by atoms with Gasteiger partial charge in [0.2, 0.25) is 0 Å². The van der Waals surface area contributed by atoms with Crippen molar-refractivity contribution < 1.29 is 4.74 Å². The maximum Gasteiger partial charge on any atom is 0.0683 e. The summed E-state index contributed by atoms with van der Waals surface area (Å²) < 4.78 is 5.80. The van der Waals surface area contributed by atoms with Crippen LogP contribution in [-0.2, 0) is 4.74 Å². The van der Waals surface area contributed by atoms with E-state index in [0.29, 0.717) is 0 Å². The van der Waals surface area contributed by atoms with Crippen molar-refractivity contribution in [3.63, 3.8) is 0 Å². The molecule has 0 aromatic carbocycles. The number of hydrogen-bond donors (Lipinski definition) is 0. The van der Waals surface area contributed by atoms with Crippen LogP contribution in [0.5, 0.6) is 0 Å². The molecule has 1 heteroatoms. The molecule has 0 bridgehead atoms. The lowest BCUT2D eigenvalue weighted by Crippen LogP contribution is -2.32. The van der Waals surface area contributed by atoms with E-state index in [1.807, 2.05) is 0 Å². The van der Waals surface area contributed by atoms with Crippen LogP contribution in [0.25, 0.3) is 0 Å². The summed E-state index contributed by atoms with van der Waals surface area (Å²) in [5.74, 6) is 0. The highest BCUT2D eigenvalue weighted by Crippen LogP contribution is 2.30. The summed E-state index contributed by atoms with van der Waals surface area (Å²) in [6.45, 7) is 7.28. The molecule has 1 saturated carbocycles. The monoisotopic (exact) mass is 169 g/mol. The first-order valence-corrected chi connectivity index (χ1v) is 5.26. The largest absolute Gasteiger partial charge is 0.375 e. The molecule has 1 aliphatic rings. The highest BCUT2D eigenvalue weighted by Gasteiger charge is 2.26. The molecule has 1 radical (unpaired) electrons. The minimum atomic E-state index is -0.0204. The third-order valence-corrected chi connectivity index (χ3v) is 2.67. The topological polar surface area (TPSA) is 9.23 Å². The van der Waals surface area contributed by atoms with Gasteiger partial charge in [-0.2, -0.15) is 0 Å². The van der Waals surface area contributed by atoms with Crippen LogP contribution < -0.4 is 0 Å². The molecule has 0 N–H and O–H groups in total. The molecule has 0 saturated heterocycles. The first kappa shape index (κ1) is 10.0. The zero-order chi connectivity index (χ0) is 8.86. The fourth-order valence-electron chi connectivity index (χ4n) is 1.77. The quantitative estimate of drug-likeness (QED) is 0.586. The Hall–Kier alpha value is -0.0400. The molecule has 71 valence electrons. The molecule has 1 fully saturated rings. The molecule has 1 nitrogen and oxygen atoms in total. The minimum absolute atomic E-state index is 0.0204. The third-order valence-electron chi connectivity index (χ3n) is 2.67. The van der Waals surface area contributed by atoms with Gasteiger partial charge in [0.05, 0.1) is 5.60 Å². The summed E-state index contributed by atoms with van der Waals surface area (Å²) in [7, 11) is 0. The number of hydrogen-bond acceptors (Lipinski definition) is 1. The van der Waals surface area contributed by atoms with Crippen molar-refractivity contribution in [2.24, 2.45) is 0 Å². The van der Waals surface area contributed by atoms with E-state index < -0.39 is 0 Å². The first-order chi connectivity index (χ1) is 5.77. The molecule has 0 unspecified atom stereocenters. The second-order valence-corrected chi connectivity index (χ2v) is 3.95. The van der Waals surface area contributed by atoms with Crippen LogP contribution in [0.15, 0.2) is 0 Å². The van der Waals surface area contributed by atoms with Crippen LogP contribution in [0.3, 0.4) is 0 Å². The number of unbranched alkanes of at least 4 members (excludes halogenated alkanes) is 1. The Kier molecular flexibility index (Phi) is 4.07. The molecule has 0 spiro atoms. The normalized spacial score (nSPS) is 22.5. The summed E-state index contributed by atoms with van der Waals surface area (Å²) in [6, 6.07) is 0. The summed E-state index contributed by atoms with van der Waals surface area (Å²) in [5.41, 5.74) is -0.0204. The lowest BCUT2D eigenvalue weighted by molar-refractivity contribution is -0.0368. The van der Waals surface area contributed by atoms with Crippen molar-refractivity contribution in [2.75, 3.05) is 6.61 Å². The second-order valence-electron chi connectivity index (χ2n) is 3.95. The van der Waals surface area contributed by atoms with Crippen LogP contribution in [0.2, 0.25) is 0 Å². The Balaban J connectivity index is 2.17. The van der Waals surface area contributed by atoms with E-state index >= 15 is 0 Å².